The van der Waals surface area contributed by atoms with Crippen molar-refractivity contribution in [2.75, 3.05) is 37.7 Å². The quantitative estimate of drug-likeness (QED) is 0.863. The number of rotatable bonds is 5. The van der Waals surface area contributed by atoms with E-state index in [1.165, 1.54) is 0 Å². The third kappa shape index (κ3) is 4.92. The smallest absolute Gasteiger partial charge is 0.317 e. The summed E-state index contributed by atoms with van der Waals surface area (Å²) in [6.45, 7) is 6.81. The van der Waals surface area contributed by atoms with Gasteiger partial charge in [-0.25, -0.2) is 9.78 Å². The molecule has 0 radical (unpaired) electrons. The lowest BCUT2D eigenvalue weighted by molar-refractivity contribution is 0.184. The van der Waals surface area contributed by atoms with Crippen LogP contribution in [0.3, 0.4) is 0 Å². The van der Waals surface area contributed by atoms with Gasteiger partial charge in [0.1, 0.15) is 24.2 Å². The first-order valence-electron chi connectivity index (χ1n) is 9.42. The van der Waals surface area contributed by atoms with Gasteiger partial charge in [-0.2, -0.15) is 5.26 Å². The molecule has 2 heterocycles. The van der Waals surface area contributed by atoms with E-state index in [0.29, 0.717) is 44.2 Å². The van der Waals surface area contributed by atoms with Crippen molar-refractivity contribution in [3.05, 3.63) is 53.7 Å². The Balaban J connectivity index is 1.46. The number of nitriles is 1. The lowest BCUT2D eigenvalue weighted by atomic mass is 10.2. The molecule has 1 N–H and O–H groups in total. The number of ether oxygens (including phenoxy) is 1. The summed E-state index contributed by atoms with van der Waals surface area (Å²) in [5, 5.41) is 12.2. The van der Waals surface area contributed by atoms with Gasteiger partial charge in [0.05, 0.1) is 11.6 Å². The van der Waals surface area contributed by atoms with Crippen LogP contribution in [0.5, 0.6) is 5.75 Å². The van der Waals surface area contributed by atoms with Crippen LogP contribution < -0.4 is 15.0 Å². The van der Waals surface area contributed by atoms with Crippen molar-refractivity contribution in [3.8, 4) is 11.8 Å². The number of amides is 2. The molecule has 0 bridgehead atoms. The molecule has 2 aromatic rings. The number of hydrogen-bond donors (Lipinski definition) is 1. The van der Waals surface area contributed by atoms with Crippen molar-refractivity contribution in [2.45, 2.75) is 19.9 Å². The van der Waals surface area contributed by atoms with E-state index in [9.17, 15) is 10.1 Å². The standard InChI is InChI=1S/C21H25N5O2/c1-16-5-3-7-19(13-16)28-15-17(2)24-21(27)26-11-9-25(10-12-26)20-18(14-22)6-4-8-23-20/h3-8,13,17H,9-12,15H2,1-2H3,(H,24,27). The number of aryl methyl sites for hydroxylation is 1. The van der Waals surface area contributed by atoms with E-state index < -0.39 is 0 Å². The van der Waals surface area contributed by atoms with Crippen molar-refractivity contribution in [1.29, 1.82) is 5.26 Å². The van der Waals surface area contributed by atoms with Gasteiger partial charge in [0.2, 0.25) is 0 Å². The maximum Gasteiger partial charge on any atom is 0.317 e. The molecule has 1 aliphatic heterocycles. The molecular formula is C21H25N5O2. The van der Waals surface area contributed by atoms with E-state index in [0.717, 1.165) is 11.3 Å². The van der Waals surface area contributed by atoms with Gasteiger partial charge >= 0.3 is 6.03 Å². The van der Waals surface area contributed by atoms with E-state index in [4.69, 9.17) is 4.74 Å². The Bertz CT molecular complexity index is 856. The van der Waals surface area contributed by atoms with Crippen molar-refractivity contribution in [1.82, 2.24) is 15.2 Å². The summed E-state index contributed by atoms with van der Waals surface area (Å²) in [5.41, 5.74) is 1.70. The SMILES string of the molecule is Cc1cccc(OCC(C)NC(=O)N2CCN(c3ncccc3C#N)CC2)c1. The van der Waals surface area contributed by atoms with E-state index >= 15 is 0 Å². The van der Waals surface area contributed by atoms with Gasteiger partial charge in [-0.1, -0.05) is 12.1 Å². The maximum absolute atomic E-state index is 12.5. The first-order valence-corrected chi connectivity index (χ1v) is 9.42. The summed E-state index contributed by atoms with van der Waals surface area (Å²) in [4.78, 5) is 20.7. The van der Waals surface area contributed by atoms with Gasteiger partial charge in [-0.15, -0.1) is 0 Å². The lowest BCUT2D eigenvalue weighted by Gasteiger charge is -2.36. The minimum Gasteiger partial charge on any atom is -0.491 e. The monoisotopic (exact) mass is 379 g/mol. The molecule has 2 amide bonds. The number of piperazine rings is 1. The van der Waals surface area contributed by atoms with Crippen LogP contribution in [0.15, 0.2) is 42.6 Å². The summed E-state index contributed by atoms with van der Waals surface area (Å²) in [6, 6.07) is 13.3. The highest BCUT2D eigenvalue weighted by Crippen LogP contribution is 2.18. The summed E-state index contributed by atoms with van der Waals surface area (Å²) < 4.78 is 5.76. The van der Waals surface area contributed by atoms with Crippen molar-refractivity contribution < 1.29 is 9.53 Å². The average Bonchev–Trinajstić information content (AvgIpc) is 2.72. The minimum absolute atomic E-state index is 0.0958. The highest BCUT2D eigenvalue weighted by Gasteiger charge is 2.24. The van der Waals surface area contributed by atoms with Crippen LogP contribution in [0.2, 0.25) is 0 Å². The van der Waals surface area contributed by atoms with Crippen LogP contribution in [0, 0.1) is 18.3 Å². The molecule has 1 atom stereocenters. The Kier molecular flexibility index (Phi) is 6.33. The molecule has 28 heavy (non-hydrogen) atoms. The zero-order valence-corrected chi connectivity index (χ0v) is 16.3. The largest absolute Gasteiger partial charge is 0.491 e. The molecule has 1 aliphatic rings. The number of nitrogens with zero attached hydrogens (tertiary/aromatic N) is 4. The maximum atomic E-state index is 12.5. The fraction of sp³-hybridized carbons (Fsp3) is 0.381. The van der Waals surface area contributed by atoms with Crippen LogP contribution in [-0.4, -0.2) is 54.7 Å². The molecule has 146 valence electrons. The summed E-state index contributed by atoms with van der Waals surface area (Å²) >= 11 is 0. The Morgan fingerprint density at radius 3 is 2.79 bits per heavy atom. The predicted molar refractivity (Wildman–Crippen MR) is 107 cm³/mol. The number of aromatic nitrogens is 1. The Labute approximate surface area is 165 Å². The summed E-state index contributed by atoms with van der Waals surface area (Å²) in [5.74, 6) is 1.49. The highest BCUT2D eigenvalue weighted by atomic mass is 16.5. The van der Waals surface area contributed by atoms with Crippen molar-refractivity contribution in [2.24, 2.45) is 0 Å². The number of urea groups is 1. The number of nitrogens with one attached hydrogen (secondary N) is 1. The Hall–Kier alpha value is -3.27. The second kappa shape index (κ2) is 9.09. The molecule has 1 fully saturated rings. The van der Waals surface area contributed by atoms with Crippen LogP contribution in [-0.2, 0) is 0 Å². The highest BCUT2D eigenvalue weighted by molar-refractivity contribution is 5.75. The average molecular weight is 379 g/mol. The molecule has 0 saturated carbocycles. The molecule has 0 aliphatic carbocycles. The topological polar surface area (TPSA) is 81.5 Å². The normalized spacial score (nSPS) is 14.9. The minimum atomic E-state index is -0.105. The van der Waals surface area contributed by atoms with Crippen molar-refractivity contribution >= 4 is 11.8 Å². The number of carbonyl (C=O) groups is 1. The predicted octanol–water partition coefficient (Wildman–Crippen LogP) is 2.56. The van der Waals surface area contributed by atoms with E-state index in [1.807, 2.05) is 43.0 Å². The van der Waals surface area contributed by atoms with Crippen LogP contribution in [0.25, 0.3) is 0 Å². The van der Waals surface area contributed by atoms with Gasteiger partial charge in [0.15, 0.2) is 0 Å². The number of benzene rings is 1. The molecule has 1 aromatic heterocycles. The fourth-order valence-electron chi connectivity index (χ4n) is 3.13. The Morgan fingerprint density at radius 2 is 2.07 bits per heavy atom. The van der Waals surface area contributed by atoms with Crippen molar-refractivity contribution in [3.63, 3.8) is 0 Å². The molecule has 7 nitrogen and oxygen atoms in total. The summed E-state index contributed by atoms with van der Waals surface area (Å²) in [6.07, 6.45) is 1.69. The fourth-order valence-corrected chi connectivity index (χ4v) is 3.13. The Morgan fingerprint density at radius 1 is 1.29 bits per heavy atom. The number of hydrogen-bond acceptors (Lipinski definition) is 5. The third-order valence-electron chi connectivity index (χ3n) is 4.63. The molecule has 3 rings (SSSR count). The third-order valence-corrected chi connectivity index (χ3v) is 4.63. The van der Waals surface area contributed by atoms with Gasteiger partial charge in [0.25, 0.3) is 0 Å². The van der Waals surface area contributed by atoms with E-state index in [-0.39, 0.29) is 12.1 Å². The molecular weight excluding hydrogens is 354 g/mol. The number of pyridine rings is 1. The van der Waals surface area contributed by atoms with Crippen LogP contribution >= 0.6 is 0 Å². The van der Waals surface area contributed by atoms with Gasteiger partial charge in [0, 0.05) is 32.4 Å². The molecule has 1 saturated heterocycles. The van der Waals surface area contributed by atoms with E-state index in [2.05, 4.69) is 16.4 Å². The summed E-state index contributed by atoms with van der Waals surface area (Å²) in [7, 11) is 0. The van der Waals surface area contributed by atoms with E-state index in [1.54, 1.807) is 23.2 Å². The number of carbonyl (C=O) groups excluding carboxylic acids is 1. The van der Waals surface area contributed by atoms with Crippen LogP contribution in [0.4, 0.5) is 10.6 Å². The first kappa shape index (κ1) is 19.5. The number of anilines is 1. The second-order valence-electron chi connectivity index (χ2n) is 6.94. The molecule has 7 heteroatoms. The van der Waals surface area contributed by atoms with Gasteiger partial charge in [-0.3, -0.25) is 0 Å². The molecule has 1 aromatic carbocycles. The zero-order chi connectivity index (χ0) is 19.9. The lowest BCUT2D eigenvalue weighted by Crippen LogP contribution is -2.54. The molecule has 1 unspecified atom stereocenters. The van der Waals surface area contributed by atoms with Gasteiger partial charge in [-0.05, 0) is 43.7 Å². The second-order valence-corrected chi connectivity index (χ2v) is 6.94. The first-order chi connectivity index (χ1) is 13.6. The van der Waals surface area contributed by atoms with Crippen LogP contribution in [0.1, 0.15) is 18.1 Å². The van der Waals surface area contributed by atoms with Gasteiger partial charge < -0.3 is 19.9 Å². The molecule has 0 spiro atoms. The zero-order valence-electron chi connectivity index (χ0n) is 16.3.